The predicted octanol–water partition coefficient (Wildman–Crippen LogP) is 0.959. The molecule has 1 aliphatic rings. The van der Waals surface area contributed by atoms with Gasteiger partial charge in [0, 0.05) is 32.4 Å². The molecule has 0 saturated heterocycles. The highest BCUT2D eigenvalue weighted by atomic mass is 32.2. The molecule has 2 rings (SSSR count). The molecular formula is C13H24N4O2S. The van der Waals surface area contributed by atoms with Crippen LogP contribution in [0.1, 0.15) is 32.0 Å². The van der Waals surface area contributed by atoms with E-state index in [9.17, 15) is 8.42 Å². The first-order chi connectivity index (χ1) is 9.41. The molecule has 1 heterocycles. The summed E-state index contributed by atoms with van der Waals surface area (Å²) in [6, 6.07) is -0.114. The van der Waals surface area contributed by atoms with E-state index in [4.69, 9.17) is 5.73 Å². The summed E-state index contributed by atoms with van der Waals surface area (Å²) in [5.41, 5.74) is 5.74. The molecule has 1 unspecified atom stereocenters. The van der Waals surface area contributed by atoms with E-state index < -0.39 is 10.0 Å². The van der Waals surface area contributed by atoms with Crippen molar-refractivity contribution in [3.63, 3.8) is 0 Å². The fourth-order valence-corrected chi connectivity index (χ4v) is 3.93. The fourth-order valence-electron chi connectivity index (χ4n) is 2.52. The van der Waals surface area contributed by atoms with Gasteiger partial charge in [-0.2, -0.15) is 4.31 Å². The van der Waals surface area contributed by atoms with Crippen LogP contribution in [0, 0.1) is 12.8 Å². The first-order valence-corrected chi connectivity index (χ1v) is 8.57. The number of rotatable bonds is 7. The van der Waals surface area contributed by atoms with Crippen molar-refractivity contribution in [2.75, 3.05) is 13.6 Å². The second-order valence-electron chi connectivity index (χ2n) is 5.48. The van der Waals surface area contributed by atoms with Crippen LogP contribution in [0.2, 0.25) is 0 Å². The van der Waals surface area contributed by atoms with E-state index in [1.807, 2.05) is 11.5 Å². The zero-order valence-electron chi connectivity index (χ0n) is 12.4. The summed E-state index contributed by atoms with van der Waals surface area (Å²) in [5, 5.41) is 0.130. The van der Waals surface area contributed by atoms with Gasteiger partial charge in [0.1, 0.15) is 5.82 Å². The van der Waals surface area contributed by atoms with Crippen molar-refractivity contribution in [2.24, 2.45) is 11.7 Å². The van der Waals surface area contributed by atoms with Crippen LogP contribution < -0.4 is 5.73 Å². The quantitative estimate of drug-likeness (QED) is 0.813. The summed E-state index contributed by atoms with van der Waals surface area (Å²) < 4.78 is 28.5. The molecule has 0 spiro atoms. The lowest BCUT2D eigenvalue weighted by atomic mass is 10.2. The molecule has 7 heteroatoms. The summed E-state index contributed by atoms with van der Waals surface area (Å²) >= 11 is 0. The number of nitrogens with two attached hydrogens (primary N) is 1. The van der Waals surface area contributed by atoms with Gasteiger partial charge in [-0.05, 0) is 32.1 Å². The minimum Gasteiger partial charge on any atom is -0.334 e. The Balaban J connectivity index is 2.26. The molecule has 20 heavy (non-hydrogen) atoms. The van der Waals surface area contributed by atoms with Gasteiger partial charge in [0.2, 0.25) is 0 Å². The van der Waals surface area contributed by atoms with Gasteiger partial charge in [-0.25, -0.2) is 13.4 Å². The number of nitrogens with zero attached hydrogens (tertiary/aromatic N) is 3. The van der Waals surface area contributed by atoms with E-state index in [1.165, 1.54) is 4.31 Å². The van der Waals surface area contributed by atoms with Crippen molar-refractivity contribution in [1.29, 1.82) is 0 Å². The third kappa shape index (κ3) is 2.89. The highest BCUT2D eigenvalue weighted by Gasteiger charge is 2.39. The fraction of sp³-hybridized carbons (Fsp3) is 0.769. The number of likely N-dealkylation sites (N-methyl/N-ethyl adjacent to an activating group) is 1. The molecule has 0 radical (unpaired) electrons. The third-order valence-electron chi connectivity index (χ3n) is 3.94. The molecule has 0 aliphatic heterocycles. The van der Waals surface area contributed by atoms with Crippen LogP contribution in [0.25, 0.3) is 0 Å². The van der Waals surface area contributed by atoms with Gasteiger partial charge in [0.25, 0.3) is 10.0 Å². The molecule has 1 fully saturated rings. The van der Waals surface area contributed by atoms with Crippen molar-refractivity contribution < 1.29 is 8.42 Å². The summed E-state index contributed by atoms with van der Waals surface area (Å²) in [5.74, 6) is 1.13. The van der Waals surface area contributed by atoms with E-state index in [0.717, 1.165) is 31.6 Å². The second-order valence-corrected chi connectivity index (χ2v) is 7.43. The van der Waals surface area contributed by atoms with E-state index in [1.54, 1.807) is 13.2 Å². The van der Waals surface area contributed by atoms with Gasteiger partial charge in [-0.1, -0.05) is 6.92 Å². The van der Waals surface area contributed by atoms with E-state index in [-0.39, 0.29) is 11.1 Å². The lowest BCUT2D eigenvalue weighted by Crippen LogP contribution is -2.43. The molecule has 1 saturated carbocycles. The van der Waals surface area contributed by atoms with Gasteiger partial charge in [0.05, 0.1) is 0 Å². The molecule has 0 bridgehead atoms. The van der Waals surface area contributed by atoms with Crippen molar-refractivity contribution in [2.45, 2.75) is 50.7 Å². The Hall–Kier alpha value is -0.920. The number of aryl methyl sites for hydroxylation is 2. The number of imidazole rings is 1. The van der Waals surface area contributed by atoms with Crippen molar-refractivity contribution in [3.8, 4) is 0 Å². The first-order valence-electron chi connectivity index (χ1n) is 7.13. The Morgan fingerprint density at radius 3 is 2.70 bits per heavy atom. The standard InChI is InChI=1S/C13H24N4O2S/c1-4-7-17-9-13(15-10(17)2)20(18,19)16(3)12(8-14)11-5-6-11/h9,11-12H,4-8,14H2,1-3H3. The lowest BCUT2D eigenvalue weighted by Gasteiger charge is -2.25. The largest absolute Gasteiger partial charge is 0.334 e. The molecule has 1 atom stereocenters. The summed E-state index contributed by atoms with van der Waals surface area (Å²) in [7, 11) is -1.94. The van der Waals surface area contributed by atoms with Gasteiger partial charge in [0.15, 0.2) is 5.03 Å². The van der Waals surface area contributed by atoms with Crippen LogP contribution in [0.4, 0.5) is 0 Å². The van der Waals surface area contributed by atoms with Gasteiger partial charge < -0.3 is 10.3 Å². The maximum atomic E-state index is 12.6. The third-order valence-corrected chi connectivity index (χ3v) is 5.69. The van der Waals surface area contributed by atoms with Crippen molar-refractivity contribution in [3.05, 3.63) is 12.0 Å². The van der Waals surface area contributed by atoms with Gasteiger partial charge in [-0.15, -0.1) is 0 Å². The Morgan fingerprint density at radius 1 is 1.55 bits per heavy atom. The minimum absolute atomic E-state index is 0.114. The monoisotopic (exact) mass is 300 g/mol. The Labute approximate surface area is 121 Å². The van der Waals surface area contributed by atoms with Crippen LogP contribution >= 0.6 is 0 Å². The maximum absolute atomic E-state index is 12.6. The van der Waals surface area contributed by atoms with E-state index >= 15 is 0 Å². The summed E-state index contributed by atoms with van der Waals surface area (Å²) in [6.07, 6.45) is 4.70. The minimum atomic E-state index is -3.55. The number of sulfonamides is 1. The summed E-state index contributed by atoms with van der Waals surface area (Å²) in [4.78, 5) is 4.21. The molecule has 1 aliphatic carbocycles. The summed E-state index contributed by atoms with van der Waals surface area (Å²) in [6.45, 7) is 5.02. The van der Waals surface area contributed by atoms with Crippen LogP contribution in [0.15, 0.2) is 11.2 Å². The smallest absolute Gasteiger partial charge is 0.262 e. The van der Waals surface area contributed by atoms with Crippen LogP contribution in [-0.2, 0) is 16.6 Å². The predicted molar refractivity (Wildman–Crippen MR) is 77.8 cm³/mol. The second kappa shape index (κ2) is 5.83. The molecule has 6 nitrogen and oxygen atoms in total. The number of hydrogen-bond donors (Lipinski definition) is 1. The molecule has 2 N–H and O–H groups in total. The lowest BCUT2D eigenvalue weighted by molar-refractivity contribution is 0.339. The molecule has 0 aromatic carbocycles. The topological polar surface area (TPSA) is 81.2 Å². The highest BCUT2D eigenvalue weighted by molar-refractivity contribution is 7.89. The Kier molecular flexibility index (Phi) is 4.51. The first kappa shape index (κ1) is 15.5. The van der Waals surface area contributed by atoms with Gasteiger partial charge >= 0.3 is 0 Å². The van der Waals surface area contributed by atoms with Crippen LogP contribution in [-0.4, -0.2) is 41.9 Å². The average Bonchev–Trinajstić information content (AvgIpc) is 3.16. The highest BCUT2D eigenvalue weighted by Crippen LogP contribution is 2.36. The SMILES string of the molecule is CCCn1cc(S(=O)(=O)N(C)C(CN)C2CC2)nc1C. The van der Waals surface area contributed by atoms with Crippen molar-refractivity contribution >= 4 is 10.0 Å². The van der Waals surface area contributed by atoms with E-state index in [2.05, 4.69) is 11.9 Å². The molecule has 1 aromatic heterocycles. The van der Waals surface area contributed by atoms with Crippen molar-refractivity contribution in [1.82, 2.24) is 13.9 Å². The molecule has 114 valence electrons. The number of aromatic nitrogens is 2. The van der Waals surface area contributed by atoms with E-state index in [0.29, 0.717) is 12.5 Å². The zero-order valence-corrected chi connectivity index (χ0v) is 13.2. The Bertz CT molecular complexity index is 563. The number of hydrogen-bond acceptors (Lipinski definition) is 4. The Morgan fingerprint density at radius 2 is 2.20 bits per heavy atom. The van der Waals surface area contributed by atoms with Crippen LogP contribution in [0.5, 0.6) is 0 Å². The maximum Gasteiger partial charge on any atom is 0.262 e. The average molecular weight is 300 g/mol. The molecule has 0 amide bonds. The molecule has 1 aromatic rings. The van der Waals surface area contributed by atoms with Crippen LogP contribution in [0.3, 0.4) is 0 Å². The normalized spacial score (nSPS) is 17.6. The zero-order chi connectivity index (χ0) is 14.9. The van der Waals surface area contributed by atoms with Gasteiger partial charge in [-0.3, -0.25) is 0 Å². The molecular weight excluding hydrogens is 276 g/mol.